The Morgan fingerprint density at radius 3 is 2.45 bits per heavy atom. The predicted molar refractivity (Wildman–Crippen MR) is 113 cm³/mol. The second-order valence-corrected chi connectivity index (χ2v) is 7.22. The van der Waals surface area contributed by atoms with Crippen molar-refractivity contribution in [2.75, 3.05) is 12.4 Å². The number of ether oxygens (including phenoxy) is 1. The van der Waals surface area contributed by atoms with E-state index in [1.807, 2.05) is 30.3 Å². The van der Waals surface area contributed by atoms with E-state index in [0.29, 0.717) is 11.3 Å². The fourth-order valence-electron chi connectivity index (χ4n) is 2.79. The van der Waals surface area contributed by atoms with Crippen LogP contribution in [0.2, 0.25) is 0 Å². The highest BCUT2D eigenvalue weighted by atomic mass is 32.1. The molecule has 1 aromatic heterocycles. The summed E-state index contributed by atoms with van der Waals surface area (Å²) in [5.41, 5.74) is 2.76. The van der Waals surface area contributed by atoms with Gasteiger partial charge in [-0.1, -0.05) is 0 Å². The van der Waals surface area contributed by atoms with Crippen LogP contribution in [0.3, 0.4) is 0 Å². The molecule has 144 valence electrons. The zero-order valence-corrected chi connectivity index (χ0v) is 16.1. The van der Waals surface area contributed by atoms with Crippen molar-refractivity contribution >= 4 is 38.8 Å². The number of carbonyl (C=O) groups excluding carboxylic acids is 1. The number of non-ortho nitro benzene ring substituents is 1. The highest BCUT2D eigenvalue weighted by Crippen LogP contribution is 2.32. The smallest absolute Gasteiger partial charge is 0.269 e. The number of hydrogen-bond donors (Lipinski definition) is 1. The van der Waals surface area contributed by atoms with Gasteiger partial charge in [0.15, 0.2) is 0 Å². The average molecular weight is 405 g/mol. The zero-order chi connectivity index (χ0) is 20.4. The Bertz CT molecular complexity index is 1200. The largest absolute Gasteiger partial charge is 0.497 e. The van der Waals surface area contributed by atoms with E-state index in [-0.39, 0.29) is 11.6 Å². The minimum atomic E-state index is -0.501. The van der Waals surface area contributed by atoms with Crippen LogP contribution in [0.1, 0.15) is 10.4 Å². The number of rotatable bonds is 5. The molecule has 0 radical (unpaired) electrons. The summed E-state index contributed by atoms with van der Waals surface area (Å²) >= 11 is 1.57. The summed E-state index contributed by atoms with van der Waals surface area (Å²) in [7, 11) is 1.63. The van der Waals surface area contributed by atoms with Crippen LogP contribution in [0.5, 0.6) is 5.75 Å². The van der Waals surface area contributed by atoms with Crippen molar-refractivity contribution in [1.29, 1.82) is 0 Å². The number of aromatic nitrogens is 1. The van der Waals surface area contributed by atoms with E-state index < -0.39 is 4.92 Å². The maximum Gasteiger partial charge on any atom is 0.269 e. The number of carbonyl (C=O) groups is 1. The first-order valence-electron chi connectivity index (χ1n) is 8.64. The Balaban J connectivity index is 1.50. The molecule has 4 aromatic rings. The van der Waals surface area contributed by atoms with Crippen molar-refractivity contribution in [3.8, 4) is 16.3 Å². The van der Waals surface area contributed by atoms with Crippen LogP contribution in [0.4, 0.5) is 11.4 Å². The second kappa shape index (κ2) is 7.69. The molecule has 0 aliphatic carbocycles. The van der Waals surface area contributed by atoms with Crippen LogP contribution in [-0.4, -0.2) is 22.9 Å². The molecule has 0 atom stereocenters. The molecule has 0 unspecified atom stereocenters. The minimum absolute atomic E-state index is 0.0562. The normalized spacial score (nSPS) is 10.7. The second-order valence-electron chi connectivity index (χ2n) is 6.19. The van der Waals surface area contributed by atoms with Gasteiger partial charge in [0, 0.05) is 28.9 Å². The molecule has 8 heteroatoms. The van der Waals surface area contributed by atoms with E-state index >= 15 is 0 Å². The molecule has 0 fully saturated rings. The number of nitro benzene ring substituents is 1. The quantitative estimate of drug-likeness (QED) is 0.367. The van der Waals surface area contributed by atoms with Crippen molar-refractivity contribution in [2.24, 2.45) is 0 Å². The van der Waals surface area contributed by atoms with Gasteiger partial charge in [0.05, 0.1) is 22.2 Å². The van der Waals surface area contributed by atoms with E-state index in [2.05, 4.69) is 10.3 Å². The number of methoxy groups -OCH3 is 1. The van der Waals surface area contributed by atoms with Gasteiger partial charge in [-0.3, -0.25) is 14.9 Å². The van der Waals surface area contributed by atoms with Crippen molar-refractivity contribution in [3.63, 3.8) is 0 Å². The number of nitro groups is 1. The molecule has 0 spiro atoms. The number of nitrogens with zero attached hydrogens (tertiary/aromatic N) is 2. The standard InChI is InChI=1S/C21H15N3O4S/c1-28-17-10-11-18-19(12-17)29-21(23-18)14-2-6-15(7-3-14)22-20(25)13-4-8-16(9-5-13)24(26)27/h2-12H,1H3,(H,22,25). The Hall–Kier alpha value is -3.78. The summed E-state index contributed by atoms with van der Waals surface area (Å²) in [6.07, 6.45) is 0. The number of thiazole rings is 1. The zero-order valence-electron chi connectivity index (χ0n) is 15.3. The van der Waals surface area contributed by atoms with Gasteiger partial charge < -0.3 is 10.1 Å². The van der Waals surface area contributed by atoms with E-state index in [4.69, 9.17) is 4.74 Å². The molecule has 0 aliphatic rings. The Kier molecular flexibility index (Phi) is 4.92. The molecular formula is C21H15N3O4S. The molecule has 0 aliphatic heterocycles. The van der Waals surface area contributed by atoms with Gasteiger partial charge in [-0.2, -0.15) is 0 Å². The summed E-state index contributed by atoms with van der Waals surface area (Å²) in [6.45, 7) is 0. The van der Waals surface area contributed by atoms with E-state index in [1.54, 1.807) is 30.6 Å². The first-order valence-corrected chi connectivity index (χ1v) is 9.46. The SMILES string of the molecule is COc1ccc2nc(-c3ccc(NC(=O)c4ccc([N+](=O)[O-])cc4)cc3)sc2c1. The molecule has 4 rings (SSSR count). The molecule has 29 heavy (non-hydrogen) atoms. The molecule has 0 saturated heterocycles. The molecular weight excluding hydrogens is 390 g/mol. The highest BCUT2D eigenvalue weighted by Gasteiger charge is 2.11. The van der Waals surface area contributed by atoms with Crippen molar-refractivity contribution < 1.29 is 14.5 Å². The topological polar surface area (TPSA) is 94.4 Å². The molecule has 0 saturated carbocycles. The lowest BCUT2D eigenvalue weighted by atomic mass is 10.1. The molecule has 1 amide bonds. The van der Waals surface area contributed by atoms with Crippen LogP contribution in [-0.2, 0) is 0 Å². The van der Waals surface area contributed by atoms with Gasteiger partial charge in [-0.15, -0.1) is 11.3 Å². The summed E-state index contributed by atoms with van der Waals surface area (Å²) in [5.74, 6) is 0.455. The lowest BCUT2D eigenvalue weighted by Crippen LogP contribution is -2.11. The van der Waals surface area contributed by atoms with Gasteiger partial charge in [0.1, 0.15) is 10.8 Å². The van der Waals surface area contributed by atoms with E-state index in [1.165, 1.54) is 24.3 Å². The molecule has 3 aromatic carbocycles. The lowest BCUT2D eigenvalue weighted by Gasteiger charge is -2.06. The van der Waals surface area contributed by atoms with Gasteiger partial charge in [0.2, 0.25) is 0 Å². The third kappa shape index (κ3) is 3.92. The Morgan fingerprint density at radius 2 is 1.79 bits per heavy atom. The number of fused-ring (bicyclic) bond motifs is 1. The van der Waals surface area contributed by atoms with Gasteiger partial charge in [-0.05, 0) is 54.6 Å². The van der Waals surface area contributed by atoms with Crippen molar-refractivity contribution in [1.82, 2.24) is 4.98 Å². The fourth-order valence-corrected chi connectivity index (χ4v) is 3.79. The molecule has 1 N–H and O–H groups in total. The van der Waals surface area contributed by atoms with Crippen LogP contribution in [0.25, 0.3) is 20.8 Å². The number of benzene rings is 3. The lowest BCUT2D eigenvalue weighted by molar-refractivity contribution is -0.384. The fraction of sp³-hybridized carbons (Fsp3) is 0.0476. The van der Waals surface area contributed by atoms with Crippen LogP contribution < -0.4 is 10.1 Å². The monoisotopic (exact) mass is 405 g/mol. The minimum Gasteiger partial charge on any atom is -0.497 e. The van der Waals surface area contributed by atoms with Crippen LogP contribution in [0, 0.1) is 10.1 Å². The number of amides is 1. The highest BCUT2D eigenvalue weighted by molar-refractivity contribution is 7.21. The van der Waals surface area contributed by atoms with Crippen molar-refractivity contribution in [3.05, 3.63) is 82.4 Å². The van der Waals surface area contributed by atoms with E-state index in [0.717, 1.165) is 26.5 Å². The maximum atomic E-state index is 12.3. The summed E-state index contributed by atoms with van der Waals surface area (Å²) in [5, 5.41) is 14.4. The average Bonchev–Trinajstić information content (AvgIpc) is 3.17. The number of nitrogens with one attached hydrogen (secondary N) is 1. The van der Waals surface area contributed by atoms with Gasteiger partial charge in [-0.25, -0.2) is 4.98 Å². The van der Waals surface area contributed by atoms with Crippen LogP contribution in [0.15, 0.2) is 66.7 Å². The van der Waals surface area contributed by atoms with E-state index in [9.17, 15) is 14.9 Å². The summed E-state index contributed by atoms with van der Waals surface area (Å²) in [4.78, 5) is 27.2. The first kappa shape index (κ1) is 18.6. The summed E-state index contributed by atoms with van der Waals surface area (Å²) < 4.78 is 6.29. The number of hydrogen-bond acceptors (Lipinski definition) is 6. The van der Waals surface area contributed by atoms with Gasteiger partial charge in [0.25, 0.3) is 11.6 Å². The third-order valence-electron chi connectivity index (χ3n) is 4.33. The maximum absolute atomic E-state index is 12.3. The molecule has 7 nitrogen and oxygen atoms in total. The third-order valence-corrected chi connectivity index (χ3v) is 5.39. The Morgan fingerprint density at radius 1 is 1.07 bits per heavy atom. The number of anilines is 1. The predicted octanol–water partition coefficient (Wildman–Crippen LogP) is 5.13. The summed E-state index contributed by atoms with van der Waals surface area (Å²) in [6, 6.07) is 18.6. The molecule has 0 bridgehead atoms. The van der Waals surface area contributed by atoms with Crippen LogP contribution >= 0.6 is 11.3 Å². The van der Waals surface area contributed by atoms with Crippen molar-refractivity contribution in [2.45, 2.75) is 0 Å². The van der Waals surface area contributed by atoms with Gasteiger partial charge >= 0.3 is 0 Å². The first-order chi connectivity index (χ1) is 14.0. The Labute approximate surface area is 169 Å². The molecule has 1 heterocycles.